The Kier molecular flexibility index (Phi) is 3.97. The minimum absolute atomic E-state index is 0.0841. The first-order valence-electron chi connectivity index (χ1n) is 6.83. The third-order valence-electron chi connectivity index (χ3n) is 3.67. The van der Waals surface area contributed by atoms with E-state index in [1.54, 1.807) is 11.3 Å². The molecule has 0 atom stereocenters. The van der Waals surface area contributed by atoms with Gasteiger partial charge in [-0.05, 0) is 18.8 Å². The molecule has 0 spiro atoms. The van der Waals surface area contributed by atoms with Crippen LogP contribution in [-0.4, -0.2) is 18.6 Å². The molecule has 1 saturated carbocycles. The Labute approximate surface area is 114 Å². The fraction of sp³-hybridized carbons (Fsp3) is 0.786. The summed E-state index contributed by atoms with van der Waals surface area (Å²) < 4.78 is 0. The molecule has 0 radical (unpaired) electrons. The number of anilines is 1. The third kappa shape index (κ3) is 2.86. The van der Waals surface area contributed by atoms with E-state index in [1.165, 1.54) is 29.8 Å². The van der Waals surface area contributed by atoms with Crippen LogP contribution in [0.15, 0.2) is 0 Å². The third-order valence-corrected chi connectivity index (χ3v) is 4.86. The zero-order chi connectivity index (χ0) is 13.3. The lowest BCUT2D eigenvalue weighted by molar-refractivity contribution is 0.321. The molecular weight excluding hydrogens is 242 g/mol. The average Bonchev–Trinajstić information content (AvgIpc) is 2.66. The molecule has 2 rings (SSSR count). The van der Waals surface area contributed by atoms with Crippen LogP contribution in [-0.2, 0) is 12.0 Å². The Balaban J connectivity index is 2.15. The van der Waals surface area contributed by atoms with Gasteiger partial charge in [0.1, 0.15) is 0 Å². The Hall–Kier alpha value is -0.610. The zero-order valence-corrected chi connectivity index (χ0v) is 12.8. The smallest absolute Gasteiger partial charge is 0.185 e. The first-order valence-corrected chi connectivity index (χ1v) is 7.65. The average molecular weight is 267 g/mol. The van der Waals surface area contributed by atoms with E-state index in [-0.39, 0.29) is 5.41 Å². The number of thiazole rings is 1. The SMILES string of the molecule is CN(CC1CCC1)c1nc(C(C)(C)C)c(CN)s1. The van der Waals surface area contributed by atoms with Crippen LogP contribution in [0.3, 0.4) is 0 Å². The summed E-state index contributed by atoms with van der Waals surface area (Å²) in [5.74, 6) is 0.873. The molecule has 2 N–H and O–H groups in total. The van der Waals surface area contributed by atoms with E-state index in [0.717, 1.165) is 17.6 Å². The van der Waals surface area contributed by atoms with Gasteiger partial charge in [-0.2, -0.15) is 0 Å². The molecule has 1 aliphatic rings. The van der Waals surface area contributed by atoms with Crippen molar-refractivity contribution in [3.05, 3.63) is 10.6 Å². The van der Waals surface area contributed by atoms with E-state index in [0.29, 0.717) is 6.54 Å². The predicted molar refractivity (Wildman–Crippen MR) is 79.3 cm³/mol. The van der Waals surface area contributed by atoms with Crippen molar-refractivity contribution >= 4 is 16.5 Å². The van der Waals surface area contributed by atoms with Crippen LogP contribution >= 0.6 is 11.3 Å². The van der Waals surface area contributed by atoms with E-state index >= 15 is 0 Å². The van der Waals surface area contributed by atoms with Gasteiger partial charge >= 0.3 is 0 Å². The molecule has 1 aromatic heterocycles. The van der Waals surface area contributed by atoms with Crippen LogP contribution in [0.25, 0.3) is 0 Å². The first kappa shape index (κ1) is 13.8. The number of nitrogens with two attached hydrogens (primary N) is 1. The molecule has 3 nitrogen and oxygen atoms in total. The minimum Gasteiger partial charge on any atom is -0.351 e. The highest BCUT2D eigenvalue weighted by atomic mass is 32.1. The number of aromatic nitrogens is 1. The van der Waals surface area contributed by atoms with Gasteiger partial charge in [0.05, 0.1) is 5.69 Å². The van der Waals surface area contributed by atoms with Crippen LogP contribution in [0.4, 0.5) is 5.13 Å². The molecule has 0 bridgehead atoms. The van der Waals surface area contributed by atoms with E-state index in [4.69, 9.17) is 10.7 Å². The van der Waals surface area contributed by atoms with Crippen LogP contribution in [0.2, 0.25) is 0 Å². The van der Waals surface area contributed by atoms with Gasteiger partial charge in [0, 0.05) is 30.4 Å². The van der Waals surface area contributed by atoms with Crippen molar-refractivity contribution < 1.29 is 0 Å². The Morgan fingerprint density at radius 3 is 2.44 bits per heavy atom. The normalized spacial score (nSPS) is 16.7. The van der Waals surface area contributed by atoms with Gasteiger partial charge in [-0.25, -0.2) is 4.98 Å². The quantitative estimate of drug-likeness (QED) is 0.911. The lowest BCUT2D eigenvalue weighted by atomic mass is 9.85. The first-order chi connectivity index (χ1) is 8.41. The largest absolute Gasteiger partial charge is 0.351 e. The lowest BCUT2D eigenvalue weighted by Crippen LogP contribution is -2.29. The van der Waals surface area contributed by atoms with Crippen molar-refractivity contribution in [1.82, 2.24) is 4.98 Å². The van der Waals surface area contributed by atoms with Gasteiger partial charge < -0.3 is 10.6 Å². The summed E-state index contributed by atoms with van der Waals surface area (Å²) in [6, 6.07) is 0. The van der Waals surface area contributed by atoms with Crippen molar-refractivity contribution in [2.75, 3.05) is 18.5 Å². The monoisotopic (exact) mass is 267 g/mol. The summed E-state index contributed by atoms with van der Waals surface area (Å²) in [7, 11) is 2.16. The Morgan fingerprint density at radius 1 is 1.39 bits per heavy atom. The van der Waals surface area contributed by atoms with Gasteiger partial charge in [0.15, 0.2) is 5.13 Å². The Bertz CT molecular complexity index is 402. The molecule has 0 aromatic carbocycles. The highest BCUT2D eigenvalue weighted by Crippen LogP contribution is 2.35. The van der Waals surface area contributed by atoms with E-state index in [2.05, 4.69) is 32.7 Å². The molecule has 0 unspecified atom stereocenters. The topological polar surface area (TPSA) is 42.2 Å². The second-order valence-electron chi connectivity index (χ2n) is 6.40. The molecule has 1 fully saturated rings. The maximum absolute atomic E-state index is 5.85. The van der Waals surface area contributed by atoms with Crippen LogP contribution in [0.1, 0.15) is 50.6 Å². The highest BCUT2D eigenvalue weighted by molar-refractivity contribution is 7.15. The molecule has 0 amide bonds. The molecule has 0 saturated heterocycles. The lowest BCUT2D eigenvalue weighted by Gasteiger charge is -2.29. The van der Waals surface area contributed by atoms with Crippen molar-refractivity contribution in [3.8, 4) is 0 Å². The molecule has 18 heavy (non-hydrogen) atoms. The maximum Gasteiger partial charge on any atom is 0.185 e. The number of rotatable bonds is 4. The summed E-state index contributed by atoms with van der Waals surface area (Å²) >= 11 is 1.76. The summed E-state index contributed by atoms with van der Waals surface area (Å²) in [6.07, 6.45) is 4.16. The summed E-state index contributed by atoms with van der Waals surface area (Å²) in [4.78, 5) is 8.37. The fourth-order valence-corrected chi connectivity index (χ4v) is 3.49. The minimum atomic E-state index is 0.0841. The number of nitrogens with zero attached hydrogens (tertiary/aromatic N) is 2. The maximum atomic E-state index is 5.85. The molecular formula is C14H25N3S. The van der Waals surface area contributed by atoms with Gasteiger partial charge in [-0.1, -0.05) is 27.2 Å². The molecule has 1 aliphatic carbocycles. The summed E-state index contributed by atoms with van der Waals surface area (Å²) in [5, 5.41) is 1.13. The van der Waals surface area contributed by atoms with E-state index in [1.807, 2.05) is 0 Å². The fourth-order valence-electron chi connectivity index (χ4n) is 2.37. The van der Waals surface area contributed by atoms with Crippen molar-refractivity contribution in [2.45, 2.75) is 52.0 Å². The van der Waals surface area contributed by atoms with Crippen LogP contribution in [0.5, 0.6) is 0 Å². The Morgan fingerprint density at radius 2 is 2.06 bits per heavy atom. The number of hydrogen-bond acceptors (Lipinski definition) is 4. The summed E-state index contributed by atoms with van der Waals surface area (Å²) in [5.41, 5.74) is 7.11. The molecule has 102 valence electrons. The van der Waals surface area contributed by atoms with Gasteiger partial charge in [-0.15, -0.1) is 11.3 Å². The molecule has 0 aliphatic heterocycles. The predicted octanol–water partition coefficient (Wildman–Crippen LogP) is 3.14. The zero-order valence-electron chi connectivity index (χ0n) is 12.0. The van der Waals surface area contributed by atoms with Crippen molar-refractivity contribution in [3.63, 3.8) is 0 Å². The molecule has 4 heteroatoms. The number of hydrogen-bond donors (Lipinski definition) is 1. The van der Waals surface area contributed by atoms with E-state index in [9.17, 15) is 0 Å². The highest BCUT2D eigenvalue weighted by Gasteiger charge is 2.25. The van der Waals surface area contributed by atoms with Crippen molar-refractivity contribution in [2.24, 2.45) is 11.7 Å². The van der Waals surface area contributed by atoms with Gasteiger partial charge in [0.2, 0.25) is 0 Å². The molecule has 1 aromatic rings. The summed E-state index contributed by atoms with van der Waals surface area (Å²) in [6.45, 7) is 8.35. The van der Waals surface area contributed by atoms with Crippen molar-refractivity contribution in [1.29, 1.82) is 0 Å². The molecule has 1 heterocycles. The van der Waals surface area contributed by atoms with Crippen LogP contribution in [0, 0.1) is 5.92 Å². The van der Waals surface area contributed by atoms with Crippen LogP contribution < -0.4 is 10.6 Å². The van der Waals surface area contributed by atoms with Gasteiger partial charge in [0.25, 0.3) is 0 Å². The second kappa shape index (κ2) is 5.17. The standard InChI is InChI=1S/C14H25N3S/c1-14(2,3)12-11(8-15)18-13(16-12)17(4)9-10-6-5-7-10/h10H,5-9,15H2,1-4H3. The van der Waals surface area contributed by atoms with E-state index < -0.39 is 0 Å². The van der Waals surface area contributed by atoms with Gasteiger partial charge in [-0.3, -0.25) is 0 Å². The second-order valence-corrected chi connectivity index (χ2v) is 7.46.